The van der Waals surface area contributed by atoms with Crippen LogP contribution in [-0.4, -0.2) is 45.6 Å². The van der Waals surface area contributed by atoms with Crippen LogP contribution in [0.1, 0.15) is 6.42 Å². The number of anilines is 1. The van der Waals surface area contributed by atoms with Crippen LogP contribution in [0, 0.1) is 0 Å². The van der Waals surface area contributed by atoms with Gasteiger partial charge in [-0.15, -0.1) is 0 Å². The van der Waals surface area contributed by atoms with E-state index in [1.54, 1.807) is 18.2 Å². The molecule has 0 saturated heterocycles. The minimum atomic E-state index is -3.88. The first kappa shape index (κ1) is 21.8. The predicted octanol–water partition coefficient (Wildman–Crippen LogP) is 3.15. The first-order valence-electron chi connectivity index (χ1n) is 8.86. The van der Waals surface area contributed by atoms with Gasteiger partial charge in [0, 0.05) is 16.8 Å². The molecular formula is C19H21ClN2O5S2. The molecule has 1 heterocycles. The molecule has 0 aromatic heterocycles. The quantitative estimate of drug-likeness (QED) is 0.633. The van der Waals surface area contributed by atoms with E-state index in [1.807, 2.05) is 6.26 Å². The maximum Gasteiger partial charge on any atom is 0.242 e. The van der Waals surface area contributed by atoms with E-state index in [0.717, 1.165) is 0 Å². The maximum absolute atomic E-state index is 12.8. The number of carbonyl (C=O) groups excluding carboxylic acids is 1. The lowest BCUT2D eigenvalue weighted by Crippen LogP contribution is -2.44. The molecule has 7 nitrogen and oxygen atoms in total. The van der Waals surface area contributed by atoms with Gasteiger partial charge >= 0.3 is 0 Å². The molecule has 2 aromatic rings. The van der Waals surface area contributed by atoms with Crippen molar-refractivity contribution in [3.05, 3.63) is 47.5 Å². The monoisotopic (exact) mass is 456 g/mol. The molecule has 1 unspecified atom stereocenters. The molecule has 0 saturated carbocycles. The molecule has 10 heteroatoms. The summed E-state index contributed by atoms with van der Waals surface area (Å²) in [7, 11) is -3.88. The Kier molecular flexibility index (Phi) is 7.28. The maximum atomic E-state index is 12.8. The molecule has 156 valence electrons. The normalized spacial score (nSPS) is 14.3. The average Bonchev–Trinajstić information content (AvgIpc) is 2.71. The summed E-state index contributed by atoms with van der Waals surface area (Å²) in [4.78, 5) is 12.9. The van der Waals surface area contributed by atoms with E-state index in [1.165, 1.54) is 36.0 Å². The van der Waals surface area contributed by atoms with Gasteiger partial charge in [0.15, 0.2) is 11.5 Å². The zero-order valence-corrected chi connectivity index (χ0v) is 18.1. The highest BCUT2D eigenvalue weighted by Crippen LogP contribution is 2.32. The SMILES string of the molecule is CSCCC(NS(=O)(=O)c1ccc(Cl)cc1)C(=O)Nc1ccc2c(c1)OCCO2. The zero-order valence-electron chi connectivity index (χ0n) is 15.7. The number of benzene rings is 2. The van der Waals surface area contributed by atoms with E-state index in [4.69, 9.17) is 21.1 Å². The smallest absolute Gasteiger partial charge is 0.242 e. The highest BCUT2D eigenvalue weighted by molar-refractivity contribution is 7.98. The highest BCUT2D eigenvalue weighted by Gasteiger charge is 2.26. The molecule has 1 amide bonds. The number of hydrogen-bond donors (Lipinski definition) is 2. The molecule has 2 aromatic carbocycles. The molecule has 0 aliphatic carbocycles. The van der Waals surface area contributed by atoms with Gasteiger partial charge in [-0.2, -0.15) is 16.5 Å². The number of rotatable bonds is 8. The van der Waals surface area contributed by atoms with Crippen LogP contribution in [0.2, 0.25) is 5.02 Å². The largest absolute Gasteiger partial charge is 0.486 e. The Morgan fingerprint density at radius 1 is 1.14 bits per heavy atom. The summed E-state index contributed by atoms with van der Waals surface area (Å²) >= 11 is 7.35. The van der Waals surface area contributed by atoms with E-state index in [-0.39, 0.29) is 4.90 Å². The van der Waals surface area contributed by atoms with Crippen molar-refractivity contribution in [1.29, 1.82) is 0 Å². The van der Waals surface area contributed by atoms with Crippen molar-refractivity contribution in [2.75, 3.05) is 30.5 Å². The van der Waals surface area contributed by atoms with Crippen molar-refractivity contribution >= 4 is 45.0 Å². The number of nitrogens with one attached hydrogen (secondary N) is 2. The zero-order chi connectivity index (χ0) is 20.9. The van der Waals surface area contributed by atoms with Crippen molar-refractivity contribution in [3.63, 3.8) is 0 Å². The molecule has 0 bridgehead atoms. The van der Waals surface area contributed by atoms with E-state index >= 15 is 0 Å². The second-order valence-electron chi connectivity index (χ2n) is 6.26. The van der Waals surface area contributed by atoms with Gasteiger partial charge in [-0.3, -0.25) is 4.79 Å². The minimum absolute atomic E-state index is 0.0446. The number of ether oxygens (including phenoxy) is 2. The van der Waals surface area contributed by atoms with Gasteiger partial charge in [-0.05, 0) is 54.8 Å². The van der Waals surface area contributed by atoms with E-state index in [0.29, 0.717) is 47.6 Å². The number of halogens is 1. The minimum Gasteiger partial charge on any atom is -0.486 e. The third-order valence-corrected chi connectivity index (χ3v) is 6.54. The average molecular weight is 457 g/mol. The Balaban J connectivity index is 1.75. The van der Waals surface area contributed by atoms with Crippen LogP contribution < -0.4 is 19.5 Å². The Labute approximate surface area is 179 Å². The van der Waals surface area contributed by atoms with Crippen LogP contribution in [-0.2, 0) is 14.8 Å². The second-order valence-corrected chi connectivity index (χ2v) is 9.39. The molecule has 1 atom stereocenters. The lowest BCUT2D eigenvalue weighted by Gasteiger charge is -2.21. The van der Waals surface area contributed by atoms with Crippen molar-refractivity contribution in [2.45, 2.75) is 17.4 Å². The molecule has 0 spiro atoms. The fourth-order valence-electron chi connectivity index (χ4n) is 2.70. The van der Waals surface area contributed by atoms with Crippen molar-refractivity contribution < 1.29 is 22.7 Å². The van der Waals surface area contributed by atoms with Gasteiger partial charge in [0.25, 0.3) is 0 Å². The number of amides is 1. The first-order chi connectivity index (χ1) is 13.9. The van der Waals surface area contributed by atoms with Crippen LogP contribution >= 0.6 is 23.4 Å². The Bertz CT molecular complexity index is 967. The summed E-state index contributed by atoms with van der Waals surface area (Å²) in [6, 6.07) is 9.89. The number of sulfonamides is 1. The second kappa shape index (κ2) is 9.71. The molecule has 3 rings (SSSR count). The first-order valence-corrected chi connectivity index (χ1v) is 12.1. The van der Waals surface area contributed by atoms with Gasteiger partial charge in [0.2, 0.25) is 15.9 Å². The Morgan fingerprint density at radius 2 is 1.83 bits per heavy atom. The number of hydrogen-bond acceptors (Lipinski definition) is 6. The van der Waals surface area contributed by atoms with Crippen LogP contribution in [0.25, 0.3) is 0 Å². The molecule has 0 fully saturated rings. The molecular weight excluding hydrogens is 436 g/mol. The lowest BCUT2D eigenvalue weighted by molar-refractivity contribution is -0.117. The van der Waals surface area contributed by atoms with E-state index in [2.05, 4.69) is 10.0 Å². The third kappa shape index (κ3) is 5.79. The van der Waals surface area contributed by atoms with Gasteiger partial charge in [-0.1, -0.05) is 11.6 Å². The van der Waals surface area contributed by atoms with Gasteiger partial charge in [0.1, 0.15) is 19.3 Å². The van der Waals surface area contributed by atoms with Crippen molar-refractivity contribution in [3.8, 4) is 11.5 Å². The summed E-state index contributed by atoms with van der Waals surface area (Å²) in [5.41, 5.74) is 0.499. The number of thioether (sulfide) groups is 1. The molecule has 29 heavy (non-hydrogen) atoms. The van der Waals surface area contributed by atoms with Crippen molar-refractivity contribution in [2.24, 2.45) is 0 Å². The lowest BCUT2D eigenvalue weighted by atomic mass is 10.2. The van der Waals surface area contributed by atoms with Crippen LogP contribution in [0.15, 0.2) is 47.4 Å². The fourth-order valence-corrected chi connectivity index (χ4v) is 4.53. The summed E-state index contributed by atoms with van der Waals surface area (Å²) in [5.74, 6) is 1.31. The fraction of sp³-hybridized carbons (Fsp3) is 0.316. The van der Waals surface area contributed by atoms with Gasteiger partial charge < -0.3 is 14.8 Å². The highest BCUT2D eigenvalue weighted by atomic mass is 35.5. The van der Waals surface area contributed by atoms with E-state index < -0.39 is 22.0 Å². The third-order valence-electron chi connectivity index (χ3n) is 4.16. The van der Waals surface area contributed by atoms with Crippen LogP contribution in [0.3, 0.4) is 0 Å². The Hall–Kier alpha value is -1.94. The predicted molar refractivity (Wildman–Crippen MR) is 115 cm³/mol. The number of fused-ring (bicyclic) bond motifs is 1. The van der Waals surface area contributed by atoms with Gasteiger partial charge in [-0.25, -0.2) is 8.42 Å². The van der Waals surface area contributed by atoms with Crippen LogP contribution in [0.4, 0.5) is 5.69 Å². The summed E-state index contributed by atoms with van der Waals surface area (Å²) in [5, 5.41) is 3.18. The molecule has 2 N–H and O–H groups in total. The van der Waals surface area contributed by atoms with Crippen LogP contribution in [0.5, 0.6) is 11.5 Å². The standard InChI is InChI=1S/C19H21ClN2O5S2/c1-28-11-8-16(22-29(24,25)15-5-2-13(20)3-6-15)19(23)21-14-4-7-17-18(12-14)27-10-9-26-17/h2-7,12,16,22H,8-11H2,1H3,(H,21,23). The molecule has 1 aliphatic rings. The topological polar surface area (TPSA) is 93.7 Å². The van der Waals surface area contributed by atoms with Gasteiger partial charge in [0.05, 0.1) is 4.90 Å². The molecule has 0 radical (unpaired) electrons. The van der Waals surface area contributed by atoms with Crippen molar-refractivity contribution in [1.82, 2.24) is 4.72 Å². The number of carbonyl (C=O) groups is 1. The Morgan fingerprint density at radius 3 is 2.52 bits per heavy atom. The molecule has 1 aliphatic heterocycles. The summed E-state index contributed by atoms with van der Waals surface area (Å²) in [6.07, 6.45) is 2.23. The summed E-state index contributed by atoms with van der Waals surface area (Å²) in [6.45, 7) is 0.906. The summed E-state index contributed by atoms with van der Waals surface area (Å²) < 4.78 is 38.9. The van der Waals surface area contributed by atoms with E-state index in [9.17, 15) is 13.2 Å².